The normalized spacial score (nSPS) is 23.8. The lowest BCUT2D eigenvalue weighted by Gasteiger charge is -2.33. The Morgan fingerprint density at radius 1 is 1.24 bits per heavy atom. The second kappa shape index (κ2) is 7.35. The van der Waals surface area contributed by atoms with E-state index in [1.807, 2.05) is 30.5 Å². The molecule has 3 heterocycles. The summed E-state index contributed by atoms with van der Waals surface area (Å²) in [4.78, 5) is 23.8. The van der Waals surface area contributed by atoms with Gasteiger partial charge in [-0.15, -0.1) is 0 Å². The number of para-hydroxylation sites is 2. The van der Waals surface area contributed by atoms with Crippen LogP contribution >= 0.6 is 0 Å². The zero-order valence-electron chi connectivity index (χ0n) is 14.4. The van der Waals surface area contributed by atoms with Gasteiger partial charge in [-0.3, -0.25) is 9.78 Å². The van der Waals surface area contributed by atoms with Crippen molar-refractivity contribution in [3.8, 4) is 0 Å². The molecule has 0 aliphatic carbocycles. The molecule has 1 aromatic carbocycles. The van der Waals surface area contributed by atoms with Crippen LogP contribution in [0.2, 0.25) is 0 Å². The summed E-state index contributed by atoms with van der Waals surface area (Å²) in [6.07, 6.45) is 6.18. The highest BCUT2D eigenvalue weighted by atomic mass is 16.2. The lowest BCUT2D eigenvalue weighted by Crippen LogP contribution is -2.45. The summed E-state index contributed by atoms with van der Waals surface area (Å²) in [5.41, 5.74) is 1.86. The lowest BCUT2D eigenvalue weighted by molar-refractivity contribution is -0.122. The van der Waals surface area contributed by atoms with Gasteiger partial charge in [0.25, 0.3) is 0 Å². The molecule has 1 aromatic heterocycles. The third kappa shape index (κ3) is 3.74. The standard InChI is InChI=1S/C19H25N5O/c25-19(17-8-3-9-20-17)22-11-14-5-4-10-24(13-14)18-12-21-15-6-1-2-7-16(15)23-18/h1-2,6-7,12,14,17,20H,3-5,8-11,13H2,(H,22,25). The predicted octanol–water partition coefficient (Wildman–Crippen LogP) is 1.71. The van der Waals surface area contributed by atoms with E-state index in [1.165, 1.54) is 0 Å². The van der Waals surface area contributed by atoms with Gasteiger partial charge in [0.05, 0.1) is 23.3 Å². The summed E-state index contributed by atoms with van der Waals surface area (Å²) in [6.45, 7) is 3.62. The van der Waals surface area contributed by atoms with Crippen molar-refractivity contribution in [3.05, 3.63) is 30.5 Å². The summed E-state index contributed by atoms with van der Waals surface area (Å²) >= 11 is 0. The number of hydrogen-bond acceptors (Lipinski definition) is 5. The van der Waals surface area contributed by atoms with Crippen molar-refractivity contribution in [2.24, 2.45) is 5.92 Å². The van der Waals surface area contributed by atoms with Crippen LogP contribution in [0.3, 0.4) is 0 Å². The van der Waals surface area contributed by atoms with E-state index in [0.29, 0.717) is 5.92 Å². The number of aromatic nitrogens is 2. The van der Waals surface area contributed by atoms with Crippen LogP contribution in [0.15, 0.2) is 30.5 Å². The van der Waals surface area contributed by atoms with E-state index in [9.17, 15) is 4.79 Å². The topological polar surface area (TPSA) is 70.2 Å². The monoisotopic (exact) mass is 339 g/mol. The van der Waals surface area contributed by atoms with Gasteiger partial charge in [0, 0.05) is 19.6 Å². The first-order chi connectivity index (χ1) is 12.3. The summed E-state index contributed by atoms with van der Waals surface area (Å²) in [6, 6.07) is 7.97. The third-order valence-electron chi connectivity index (χ3n) is 5.22. The highest BCUT2D eigenvalue weighted by Gasteiger charge is 2.25. The summed E-state index contributed by atoms with van der Waals surface area (Å²) in [7, 11) is 0. The average molecular weight is 339 g/mol. The molecule has 6 heteroatoms. The number of anilines is 1. The minimum atomic E-state index is 0.00560. The van der Waals surface area contributed by atoms with Crippen molar-refractivity contribution in [1.29, 1.82) is 0 Å². The molecule has 2 atom stereocenters. The van der Waals surface area contributed by atoms with Gasteiger partial charge in [-0.2, -0.15) is 0 Å². The van der Waals surface area contributed by atoms with Gasteiger partial charge in [-0.1, -0.05) is 12.1 Å². The van der Waals surface area contributed by atoms with Gasteiger partial charge < -0.3 is 15.5 Å². The van der Waals surface area contributed by atoms with Crippen LogP contribution in [-0.2, 0) is 4.79 Å². The van der Waals surface area contributed by atoms with Crippen molar-refractivity contribution in [1.82, 2.24) is 20.6 Å². The van der Waals surface area contributed by atoms with Gasteiger partial charge >= 0.3 is 0 Å². The van der Waals surface area contributed by atoms with Crippen molar-refractivity contribution >= 4 is 22.8 Å². The van der Waals surface area contributed by atoms with Gasteiger partial charge in [-0.25, -0.2) is 4.98 Å². The maximum absolute atomic E-state index is 12.2. The number of benzene rings is 1. The first-order valence-electron chi connectivity index (χ1n) is 9.27. The highest BCUT2D eigenvalue weighted by molar-refractivity contribution is 5.82. The molecule has 2 aromatic rings. The molecule has 2 fully saturated rings. The number of carbonyl (C=O) groups is 1. The molecule has 2 aliphatic heterocycles. The first kappa shape index (κ1) is 16.3. The molecule has 2 saturated heterocycles. The van der Waals surface area contributed by atoms with E-state index in [4.69, 9.17) is 4.98 Å². The summed E-state index contributed by atoms with van der Waals surface area (Å²) < 4.78 is 0. The SMILES string of the molecule is O=C(NCC1CCCN(c2cnc3ccccc3n2)C1)C1CCCN1. The molecule has 4 rings (SSSR count). The van der Waals surface area contributed by atoms with Gasteiger partial charge in [0.15, 0.2) is 0 Å². The predicted molar refractivity (Wildman–Crippen MR) is 98.5 cm³/mol. The minimum Gasteiger partial charge on any atom is -0.355 e. The molecule has 6 nitrogen and oxygen atoms in total. The van der Waals surface area contributed by atoms with Gasteiger partial charge in [-0.05, 0) is 50.3 Å². The molecule has 0 spiro atoms. The Kier molecular flexibility index (Phi) is 4.78. The lowest BCUT2D eigenvalue weighted by atomic mass is 9.98. The minimum absolute atomic E-state index is 0.00560. The van der Waals surface area contributed by atoms with Crippen LogP contribution in [0.1, 0.15) is 25.7 Å². The average Bonchev–Trinajstić information content (AvgIpc) is 3.21. The Morgan fingerprint density at radius 2 is 2.12 bits per heavy atom. The molecular weight excluding hydrogens is 314 g/mol. The number of nitrogens with one attached hydrogen (secondary N) is 2. The van der Waals surface area contributed by atoms with E-state index in [2.05, 4.69) is 20.5 Å². The molecule has 25 heavy (non-hydrogen) atoms. The number of fused-ring (bicyclic) bond motifs is 1. The fraction of sp³-hybridized carbons (Fsp3) is 0.526. The quantitative estimate of drug-likeness (QED) is 0.887. The second-order valence-electron chi connectivity index (χ2n) is 7.07. The fourth-order valence-electron chi connectivity index (χ4n) is 3.82. The third-order valence-corrected chi connectivity index (χ3v) is 5.22. The fourth-order valence-corrected chi connectivity index (χ4v) is 3.82. The molecule has 0 bridgehead atoms. The van der Waals surface area contributed by atoms with Crippen molar-refractivity contribution < 1.29 is 4.79 Å². The van der Waals surface area contributed by atoms with E-state index < -0.39 is 0 Å². The molecular formula is C19H25N5O. The Bertz CT molecular complexity index is 743. The largest absolute Gasteiger partial charge is 0.355 e. The molecule has 2 aliphatic rings. The zero-order chi connectivity index (χ0) is 17.1. The van der Waals surface area contributed by atoms with Crippen LogP contribution in [-0.4, -0.2) is 48.1 Å². The van der Waals surface area contributed by atoms with Crippen LogP contribution in [0.25, 0.3) is 11.0 Å². The van der Waals surface area contributed by atoms with Crippen LogP contribution in [0.5, 0.6) is 0 Å². The van der Waals surface area contributed by atoms with Crippen LogP contribution in [0, 0.1) is 5.92 Å². The van der Waals surface area contributed by atoms with E-state index in [0.717, 1.165) is 68.7 Å². The zero-order valence-corrected chi connectivity index (χ0v) is 14.4. The van der Waals surface area contributed by atoms with E-state index in [1.54, 1.807) is 0 Å². The van der Waals surface area contributed by atoms with Crippen molar-refractivity contribution in [2.45, 2.75) is 31.7 Å². The Hall–Kier alpha value is -2.21. The number of amides is 1. The molecule has 2 N–H and O–H groups in total. The highest BCUT2D eigenvalue weighted by Crippen LogP contribution is 2.22. The number of rotatable bonds is 4. The van der Waals surface area contributed by atoms with E-state index >= 15 is 0 Å². The number of hydrogen-bond donors (Lipinski definition) is 2. The Labute approximate surface area is 148 Å². The molecule has 1 amide bonds. The van der Waals surface area contributed by atoms with Crippen LogP contribution in [0.4, 0.5) is 5.82 Å². The number of carbonyl (C=O) groups excluding carboxylic acids is 1. The van der Waals surface area contributed by atoms with E-state index in [-0.39, 0.29) is 11.9 Å². The molecule has 132 valence electrons. The number of nitrogens with zero attached hydrogens (tertiary/aromatic N) is 3. The maximum atomic E-state index is 12.2. The molecule has 2 unspecified atom stereocenters. The van der Waals surface area contributed by atoms with Gasteiger partial charge in [0.1, 0.15) is 5.82 Å². The van der Waals surface area contributed by atoms with Crippen molar-refractivity contribution in [3.63, 3.8) is 0 Å². The number of piperidine rings is 1. The van der Waals surface area contributed by atoms with Crippen molar-refractivity contribution in [2.75, 3.05) is 31.1 Å². The molecule has 0 radical (unpaired) electrons. The second-order valence-corrected chi connectivity index (χ2v) is 7.07. The smallest absolute Gasteiger partial charge is 0.237 e. The summed E-state index contributed by atoms with van der Waals surface area (Å²) in [5.74, 6) is 1.56. The Morgan fingerprint density at radius 3 is 2.96 bits per heavy atom. The Balaban J connectivity index is 1.37. The van der Waals surface area contributed by atoms with Gasteiger partial charge in [0.2, 0.25) is 5.91 Å². The molecule has 0 saturated carbocycles. The maximum Gasteiger partial charge on any atom is 0.237 e. The summed E-state index contributed by atoms with van der Waals surface area (Å²) in [5, 5.41) is 6.39. The first-order valence-corrected chi connectivity index (χ1v) is 9.27. The van der Waals surface area contributed by atoms with Crippen LogP contribution < -0.4 is 15.5 Å².